The monoisotopic (exact) mass is 262 g/mol. The molecule has 17 heavy (non-hydrogen) atoms. The van der Waals surface area contributed by atoms with Crippen LogP contribution >= 0.6 is 11.8 Å². The summed E-state index contributed by atoms with van der Waals surface area (Å²) in [6.07, 6.45) is 2.50. The normalized spacial score (nSPS) is 16.5. The lowest BCUT2D eigenvalue weighted by Crippen LogP contribution is -2.54. The third-order valence-electron chi connectivity index (χ3n) is 2.71. The molecule has 2 atom stereocenters. The minimum atomic E-state index is -0.623. The Morgan fingerprint density at radius 1 is 1.59 bits per heavy atom. The van der Waals surface area contributed by atoms with Crippen LogP contribution in [0, 0.1) is 0 Å². The predicted molar refractivity (Wildman–Crippen MR) is 74.1 cm³/mol. The maximum absolute atomic E-state index is 11.5. The van der Waals surface area contributed by atoms with Crippen molar-refractivity contribution in [2.45, 2.75) is 50.8 Å². The van der Waals surface area contributed by atoms with Crippen molar-refractivity contribution < 1.29 is 9.90 Å². The fourth-order valence-electron chi connectivity index (χ4n) is 1.64. The van der Waals surface area contributed by atoms with Crippen LogP contribution in [0.3, 0.4) is 0 Å². The van der Waals surface area contributed by atoms with E-state index < -0.39 is 5.54 Å². The fourth-order valence-corrected chi connectivity index (χ4v) is 2.79. The molecule has 0 saturated heterocycles. The van der Waals surface area contributed by atoms with Gasteiger partial charge in [0.15, 0.2) is 0 Å². The maximum atomic E-state index is 11.5. The van der Waals surface area contributed by atoms with Crippen LogP contribution in [0.2, 0.25) is 0 Å². The van der Waals surface area contributed by atoms with Crippen molar-refractivity contribution in [2.24, 2.45) is 5.73 Å². The molecule has 102 valence electrons. The number of aliphatic hydroxyl groups is 1. The number of thioether (sulfide) groups is 1. The molecule has 0 heterocycles. The Bertz CT molecular complexity index is 227. The summed E-state index contributed by atoms with van der Waals surface area (Å²) in [6, 6.07) is 0. The number of amides is 1. The summed E-state index contributed by atoms with van der Waals surface area (Å²) in [6.45, 7) is 7.05. The zero-order valence-corrected chi connectivity index (χ0v) is 12.0. The SMILES string of the molecule is CCCNC(C)(CC(C)SCCCO)C(N)=O. The van der Waals surface area contributed by atoms with E-state index in [1.165, 1.54) is 0 Å². The molecule has 0 spiro atoms. The van der Waals surface area contributed by atoms with Crippen LogP contribution in [0.15, 0.2) is 0 Å². The molecule has 0 aromatic rings. The van der Waals surface area contributed by atoms with Crippen molar-refractivity contribution in [3.8, 4) is 0 Å². The molecule has 0 fully saturated rings. The first-order chi connectivity index (χ1) is 7.96. The number of nitrogens with one attached hydrogen (secondary N) is 1. The number of carbonyl (C=O) groups is 1. The molecule has 0 saturated carbocycles. The van der Waals surface area contributed by atoms with Crippen LogP contribution in [0.5, 0.6) is 0 Å². The number of aliphatic hydroxyl groups excluding tert-OH is 1. The van der Waals surface area contributed by atoms with E-state index in [4.69, 9.17) is 10.8 Å². The highest BCUT2D eigenvalue weighted by Crippen LogP contribution is 2.22. The van der Waals surface area contributed by atoms with Gasteiger partial charge in [-0.05, 0) is 38.5 Å². The second-order valence-electron chi connectivity index (χ2n) is 4.59. The summed E-state index contributed by atoms with van der Waals surface area (Å²) in [5, 5.41) is 12.3. The molecule has 2 unspecified atom stereocenters. The summed E-state index contributed by atoms with van der Waals surface area (Å²) in [4.78, 5) is 11.5. The van der Waals surface area contributed by atoms with Gasteiger partial charge in [0.05, 0.1) is 5.54 Å². The Hall–Kier alpha value is -0.260. The van der Waals surface area contributed by atoms with Crippen molar-refractivity contribution >= 4 is 17.7 Å². The van der Waals surface area contributed by atoms with Crippen LogP contribution in [-0.4, -0.2) is 40.7 Å². The Balaban J connectivity index is 4.18. The molecule has 0 aliphatic rings. The number of rotatable bonds is 10. The summed E-state index contributed by atoms with van der Waals surface area (Å²) in [7, 11) is 0. The molecule has 0 rings (SSSR count). The van der Waals surface area contributed by atoms with E-state index in [-0.39, 0.29) is 12.5 Å². The highest BCUT2D eigenvalue weighted by Gasteiger charge is 2.31. The Morgan fingerprint density at radius 3 is 2.71 bits per heavy atom. The topological polar surface area (TPSA) is 75.3 Å². The smallest absolute Gasteiger partial charge is 0.237 e. The third kappa shape index (κ3) is 6.91. The average molecular weight is 262 g/mol. The van der Waals surface area contributed by atoms with Crippen LogP contribution in [0.25, 0.3) is 0 Å². The van der Waals surface area contributed by atoms with Gasteiger partial charge in [0.2, 0.25) is 5.91 Å². The average Bonchev–Trinajstić information content (AvgIpc) is 2.26. The number of carbonyl (C=O) groups excluding carboxylic acids is 1. The van der Waals surface area contributed by atoms with Crippen molar-refractivity contribution in [3.05, 3.63) is 0 Å². The summed E-state index contributed by atoms with van der Waals surface area (Å²) < 4.78 is 0. The van der Waals surface area contributed by atoms with Gasteiger partial charge in [-0.1, -0.05) is 13.8 Å². The highest BCUT2D eigenvalue weighted by atomic mass is 32.2. The van der Waals surface area contributed by atoms with Gasteiger partial charge >= 0.3 is 0 Å². The lowest BCUT2D eigenvalue weighted by molar-refractivity contribution is -0.124. The lowest BCUT2D eigenvalue weighted by Gasteiger charge is -2.30. The van der Waals surface area contributed by atoms with Crippen molar-refractivity contribution in [3.63, 3.8) is 0 Å². The molecular weight excluding hydrogens is 236 g/mol. The summed E-state index contributed by atoms with van der Waals surface area (Å²) >= 11 is 1.77. The minimum Gasteiger partial charge on any atom is -0.396 e. The van der Waals surface area contributed by atoms with E-state index in [0.29, 0.717) is 5.25 Å². The molecule has 0 aliphatic carbocycles. The number of hydrogen-bond donors (Lipinski definition) is 3. The lowest BCUT2D eigenvalue weighted by atomic mass is 9.95. The van der Waals surface area contributed by atoms with Gasteiger partial charge in [-0.15, -0.1) is 0 Å². The Kier molecular flexibility index (Phi) is 8.64. The highest BCUT2D eigenvalue weighted by molar-refractivity contribution is 7.99. The number of primary amides is 1. The molecule has 4 N–H and O–H groups in total. The zero-order chi connectivity index (χ0) is 13.3. The second-order valence-corrected chi connectivity index (χ2v) is 6.13. The molecule has 4 nitrogen and oxygen atoms in total. The molecule has 0 aliphatic heterocycles. The number of nitrogens with two attached hydrogens (primary N) is 1. The van der Waals surface area contributed by atoms with E-state index in [1.807, 2.05) is 6.92 Å². The first kappa shape index (κ1) is 16.7. The van der Waals surface area contributed by atoms with E-state index in [0.717, 1.165) is 31.6 Å². The summed E-state index contributed by atoms with van der Waals surface area (Å²) in [5.74, 6) is 0.626. The van der Waals surface area contributed by atoms with Gasteiger partial charge in [-0.2, -0.15) is 11.8 Å². The van der Waals surface area contributed by atoms with Gasteiger partial charge in [-0.3, -0.25) is 4.79 Å². The zero-order valence-electron chi connectivity index (χ0n) is 11.2. The summed E-state index contributed by atoms with van der Waals surface area (Å²) in [5.41, 5.74) is 4.84. The molecule has 5 heteroatoms. The molecule has 0 bridgehead atoms. The van der Waals surface area contributed by atoms with Crippen LogP contribution in [0.4, 0.5) is 0 Å². The van der Waals surface area contributed by atoms with E-state index in [2.05, 4.69) is 19.2 Å². The van der Waals surface area contributed by atoms with Gasteiger partial charge in [-0.25, -0.2) is 0 Å². The number of hydrogen-bond acceptors (Lipinski definition) is 4. The first-order valence-corrected chi connectivity index (χ1v) is 7.28. The van der Waals surface area contributed by atoms with Crippen LogP contribution < -0.4 is 11.1 Å². The molecule has 0 aromatic carbocycles. The van der Waals surface area contributed by atoms with Gasteiger partial charge < -0.3 is 16.2 Å². The van der Waals surface area contributed by atoms with Crippen molar-refractivity contribution in [2.75, 3.05) is 18.9 Å². The largest absolute Gasteiger partial charge is 0.396 e. The van der Waals surface area contributed by atoms with E-state index >= 15 is 0 Å². The Morgan fingerprint density at radius 2 is 2.24 bits per heavy atom. The van der Waals surface area contributed by atoms with Gasteiger partial charge in [0, 0.05) is 11.9 Å². The molecule has 1 amide bonds. The third-order valence-corrected chi connectivity index (χ3v) is 3.97. The van der Waals surface area contributed by atoms with E-state index in [9.17, 15) is 4.79 Å². The molecular formula is C12H26N2O2S. The van der Waals surface area contributed by atoms with Crippen molar-refractivity contribution in [1.82, 2.24) is 5.32 Å². The molecule has 0 radical (unpaired) electrons. The van der Waals surface area contributed by atoms with Gasteiger partial charge in [0.25, 0.3) is 0 Å². The van der Waals surface area contributed by atoms with Crippen molar-refractivity contribution in [1.29, 1.82) is 0 Å². The van der Waals surface area contributed by atoms with Crippen LogP contribution in [-0.2, 0) is 4.79 Å². The second kappa shape index (κ2) is 8.78. The van der Waals surface area contributed by atoms with Crippen LogP contribution in [0.1, 0.15) is 40.0 Å². The molecule has 0 aromatic heterocycles. The predicted octanol–water partition coefficient (Wildman–Crippen LogP) is 1.12. The Labute approximate surface area is 109 Å². The van der Waals surface area contributed by atoms with Gasteiger partial charge in [0.1, 0.15) is 0 Å². The first-order valence-electron chi connectivity index (χ1n) is 6.23. The maximum Gasteiger partial charge on any atom is 0.237 e. The minimum absolute atomic E-state index is 0.223. The fraction of sp³-hybridized carbons (Fsp3) is 0.917. The standard InChI is InChI=1S/C12H26N2O2S/c1-4-6-14-12(3,11(13)16)9-10(2)17-8-5-7-15/h10,14-15H,4-9H2,1-3H3,(H2,13,16). The quantitative estimate of drug-likeness (QED) is 0.516. The van der Waals surface area contributed by atoms with E-state index in [1.54, 1.807) is 11.8 Å².